The molecule has 1 aliphatic carbocycles. The molecule has 2 aliphatic heterocycles. The lowest BCUT2D eigenvalue weighted by molar-refractivity contribution is -0.149. The number of carboxylic acid groups (broad SMARTS) is 1. The predicted octanol–water partition coefficient (Wildman–Crippen LogP) is 3.11. The van der Waals surface area contributed by atoms with Gasteiger partial charge < -0.3 is 20.1 Å². The minimum Gasteiger partial charge on any atom is -0.481 e. The highest BCUT2D eigenvalue weighted by atomic mass is 16.5. The topological polar surface area (TPSA) is 78.9 Å². The van der Waals surface area contributed by atoms with Gasteiger partial charge in [0.15, 0.2) is 0 Å². The fourth-order valence-corrected chi connectivity index (χ4v) is 5.06. The maximum Gasteiger partial charge on any atom is 0.317 e. The number of likely N-dealkylation sites (tertiary alicyclic amines) is 1. The van der Waals surface area contributed by atoms with Gasteiger partial charge in [0.25, 0.3) is 0 Å². The molecule has 0 bridgehead atoms. The second-order valence-electron chi connectivity index (χ2n) is 8.33. The second kappa shape index (κ2) is 7.15. The Labute approximate surface area is 159 Å². The summed E-state index contributed by atoms with van der Waals surface area (Å²) in [6.45, 7) is 3.61. The number of nitrogens with one attached hydrogen (secondary N) is 1. The molecule has 1 aromatic rings. The smallest absolute Gasteiger partial charge is 0.317 e. The van der Waals surface area contributed by atoms with Gasteiger partial charge in [-0.05, 0) is 44.1 Å². The van der Waals surface area contributed by atoms with Crippen molar-refractivity contribution in [3.8, 4) is 0 Å². The largest absolute Gasteiger partial charge is 0.481 e. The molecular formula is C21H28N2O4. The molecule has 0 aromatic heterocycles. The fourth-order valence-electron chi connectivity index (χ4n) is 5.06. The molecule has 2 N–H and O–H groups in total. The first-order valence-corrected chi connectivity index (χ1v) is 9.96. The Morgan fingerprint density at radius 3 is 2.70 bits per heavy atom. The molecule has 0 radical (unpaired) electrons. The third kappa shape index (κ3) is 3.31. The van der Waals surface area contributed by atoms with E-state index >= 15 is 0 Å². The zero-order valence-electron chi connectivity index (χ0n) is 15.8. The molecule has 3 aliphatic rings. The molecule has 4 rings (SSSR count). The van der Waals surface area contributed by atoms with Crippen LogP contribution in [0.4, 0.5) is 4.79 Å². The number of ether oxygens (including phenoxy) is 1. The standard InChI is InChI=1S/C21H28N2O4/c1-14-6-8-15(9-7-14)18-17(5-3-11-27-18)22-20(26)23-12-16-4-2-10-21(16,13-23)19(24)25/h6-9,16-18H,2-5,10-13H2,1H3,(H,22,26)(H,24,25)/t16-,17?,18?,21+/m0/s1. The van der Waals surface area contributed by atoms with Crippen LogP contribution in [0.5, 0.6) is 0 Å². The molecule has 6 heteroatoms. The van der Waals surface area contributed by atoms with Gasteiger partial charge in [-0.2, -0.15) is 0 Å². The summed E-state index contributed by atoms with van der Waals surface area (Å²) in [4.78, 5) is 26.5. The van der Waals surface area contributed by atoms with E-state index in [9.17, 15) is 14.7 Å². The minimum atomic E-state index is -0.751. The van der Waals surface area contributed by atoms with E-state index in [0.29, 0.717) is 26.1 Å². The molecule has 4 atom stereocenters. The molecular weight excluding hydrogens is 344 g/mol. The van der Waals surface area contributed by atoms with E-state index < -0.39 is 11.4 Å². The van der Waals surface area contributed by atoms with Crippen molar-refractivity contribution in [2.75, 3.05) is 19.7 Å². The first-order chi connectivity index (χ1) is 13.0. The van der Waals surface area contributed by atoms with Crippen LogP contribution in [0.25, 0.3) is 0 Å². The van der Waals surface area contributed by atoms with Crippen LogP contribution in [0.2, 0.25) is 0 Å². The van der Waals surface area contributed by atoms with Crippen LogP contribution in [-0.2, 0) is 9.53 Å². The van der Waals surface area contributed by atoms with Gasteiger partial charge in [0.2, 0.25) is 0 Å². The lowest BCUT2D eigenvalue weighted by atomic mass is 9.81. The van der Waals surface area contributed by atoms with Gasteiger partial charge in [-0.15, -0.1) is 0 Å². The maximum atomic E-state index is 12.9. The number of aryl methyl sites for hydroxylation is 1. The van der Waals surface area contributed by atoms with Gasteiger partial charge >= 0.3 is 12.0 Å². The van der Waals surface area contributed by atoms with Crippen molar-refractivity contribution in [1.82, 2.24) is 10.2 Å². The second-order valence-corrected chi connectivity index (χ2v) is 8.33. The van der Waals surface area contributed by atoms with Crippen LogP contribution in [0.15, 0.2) is 24.3 Å². The molecule has 2 saturated heterocycles. The number of hydrogen-bond acceptors (Lipinski definition) is 3. The van der Waals surface area contributed by atoms with Crippen molar-refractivity contribution in [3.63, 3.8) is 0 Å². The van der Waals surface area contributed by atoms with E-state index in [1.165, 1.54) is 5.56 Å². The molecule has 0 spiro atoms. The van der Waals surface area contributed by atoms with Crippen molar-refractivity contribution in [1.29, 1.82) is 0 Å². The molecule has 3 fully saturated rings. The summed E-state index contributed by atoms with van der Waals surface area (Å²) in [5, 5.41) is 12.9. The summed E-state index contributed by atoms with van der Waals surface area (Å²) in [7, 11) is 0. The summed E-state index contributed by atoms with van der Waals surface area (Å²) in [5.74, 6) is -0.671. The Balaban J connectivity index is 1.45. The third-order valence-corrected chi connectivity index (χ3v) is 6.62. The van der Waals surface area contributed by atoms with Crippen LogP contribution in [0, 0.1) is 18.3 Å². The van der Waals surface area contributed by atoms with Crippen molar-refractivity contribution in [2.24, 2.45) is 11.3 Å². The zero-order chi connectivity index (χ0) is 19.0. The third-order valence-electron chi connectivity index (χ3n) is 6.62. The Morgan fingerprint density at radius 2 is 2.00 bits per heavy atom. The van der Waals surface area contributed by atoms with Crippen molar-refractivity contribution in [3.05, 3.63) is 35.4 Å². The van der Waals surface area contributed by atoms with E-state index in [1.807, 2.05) is 6.92 Å². The normalized spacial score (nSPS) is 32.9. The van der Waals surface area contributed by atoms with Gasteiger partial charge in [0, 0.05) is 19.7 Å². The van der Waals surface area contributed by atoms with Crippen LogP contribution < -0.4 is 5.32 Å². The predicted molar refractivity (Wildman–Crippen MR) is 100 cm³/mol. The highest BCUT2D eigenvalue weighted by Gasteiger charge is 2.56. The van der Waals surface area contributed by atoms with Crippen molar-refractivity contribution >= 4 is 12.0 Å². The number of fused-ring (bicyclic) bond motifs is 1. The maximum absolute atomic E-state index is 12.9. The zero-order valence-corrected chi connectivity index (χ0v) is 15.8. The van der Waals surface area contributed by atoms with Crippen LogP contribution in [0.3, 0.4) is 0 Å². The quantitative estimate of drug-likeness (QED) is 0.854. The number of carbonyl (C=O) groups is 2. The summed E-state index contributed by atoms with van der Waals surface area (Å²) in [6.07, 6.45) is 4.14. The summed E-state index contributed by atoms with van der Waals surface area (Å²) < 4.78 is 5.99. The van der Waals surface area contributed by atoms with E-state index in [-0.39, 0.29) is 24.1 Å². The van der Waals surface area contributed by atoms with E-state index in [4.69, 9.17) is 4.74 Å². The highest BCUT2D eigenvalue weighted by molar-refractivity contribution is 5.80. The molecule has 1 aromatic carbocycles. The van der Waals surface area contributed by atoms with Gasteiger partial charge in [-0.1, -0.05) is 36.2 Å². The average Bonchev–Trinajstić information content (AvgIpc) is 3.21. The molecule has 2 amide bonds. The SMILES string of the molecule is Cc1ccc(C2OCCCC2NC(=O)N2C[C@@H]3CCC[C@@]3(C(=O)O)C2)cc1. The summed E-state index contributed by atoms with van der Waals surface area (Å²) in [5.41, 5.74) is 1.53. The Bertz CT molecular complexity index is 719. The molecule has 146 valence electrons. The number of nitrogens with zero attached hydrogens (tertiary/aromatic N) is 1. The number of carboxylic acids is 1. The monoisotopic (exact) mass is 372 g/mol. The molecule has 27 heavy (non-hydrogen) atoms. The van der Waals surface area contributed by atoms with Crippen molar-refractivity contribution in [2.45, 2.75) is 51.2 Å². The summed E-state index contributed by atoms with van der Waals surface area (Å²) >= 11 is 0. The number of aliphatic carboxylic acids is 1. The number of rotatable bonds is 3. The number of hydrogen-bond donors (Lipinski definition) is 2. The molecule has 1 saturated carbocycles. The van der Waals surface area contributed by atoms with Gasteiger partial charge in [-0.25, -0.2) is 4.79 Å². The first-order valence-electron chi connectivity index (χ1n) is 9.96. The Morgan fingerprint density at radius 1 is 1.22 bits per heavy atom. The van der Waals surface area contributed by atoms with Gasteiger partial charge in [-0.3, -0.25) is 4.79 Å². The Hall–Kier alpha value is -2.08. The van der Waals surface area contributed by atoms with Gasteiger partial charge in [0.05, 0.1) is 11.5 Å². The van der Waals surface area contributed by atoms with Crippen LogP contribution >= 0.6 is 0 Å². The summed E-state index contributed by atoms with van der Waals surface area (Å²) in [6, 6.07) is 8.00. The van der Waals surface area contributed by atoms with E-state index in [0.717, 1.165) is 31.2 Å². The molecule has 2 heterocycles. The minimum absolute atomic E-state index is 0.0799. The van der Waals surface area contributed by atoms with E-state index in [1.54, 1.807) is 4.90 Å². The van der Waals surface area contributed by atoms with Crippen LogP contribution in [-0.4, -0.2) is 47.7 Å². The average molecular weight is 372 g/mol. The number of carbonyl (C=O) groups excluding carboxylic acids is 1. The number of benzene rings is 1. The van der Waals surface area contributed by atoms with E-state index in [2.05, 4.69) is 29.6 Å². The lowest BCUT2D eigenvalue weighted by Gasteiger charge is -2.34. The molecule has 2 unspecified atom stereocenters. The van der Waals surface area contributed by atoms with Crippen LogP contribution in [0.1, 0.15) is 49.3 Å². The number of urea groups is 1. The Kier molecular flexibility index (Phi) is 4.84. The number of amides is 2. The fraction of sp³-hybridized carbons (Fsp3) is 0.619. The van der Waals surface area contributed by atoms with Gasteiger partial charge in [0.1, 0.15) is 6.10 Å². The lowest BCUT2D eigenvalue weighted by Crippen LogP contribution is -2.49. The first kappa shape index (κ1) is 18.3. The molecule has 6 nitrogen and oxygen atoms in total. The van der Waals surface area contributed by atoms with Crippen molar-refractivity contribution < 1.29 is 19.4 Å². The highest BCUT2D eigenvalue weighted by Crippen LogP contribution is 2.48.